The van der Waals surface area contributed by atoms with E-state index in [1.165, 1.54) is 12.1 Å². The highest BCUT2D eigenvalue weighted by molar-refractivity contribution is 8.14. The number of thioether (sulfide) groups is 1. The van der Waals surface area contributed by atoms with Crippen molar-refractivity contribution in [1.29, 1.82) is 0 Å². The molecule has 1 aromatic carbocycles. The summed E-state index contributed by atoms with van der Waals surface area (Å²) in [5, 5.41) is 8.89. The molecule has 9 nitrogen and oxygen atoms in total. The lowest BCUT2D eigenvalue weighted by molar-refractivity contribution is -0.121. The zero-order valence-electron chi connectivity index (χ0n) is 20.0. The highest BCUT2D eigenvalue weighted by Gasteiger charge is 2.28. The van der Waals surface area contributed by atoms with Crippen molar-refractivity contribution in [2.24, 2.45) is 0 Å². The Morgan fingerprint density at radius 2 is 1.97 bits per heavy atom. The summed E-state index contributed by atoms with van der Waals surface area (Å²) in [5.41, 5.74) is 7.47. The molecule has 3 N–H and O–H groups in total. The molecule has 0 aliphatic heterocycles. The highest BCUT2D eigenvalue weighted by atomic mass is 32.2. The van der Waals surface area contributed by atoms with Crippen LogP contribution in [0.1, 0.15) is 31.0 Å². The number of rotatable bonds is 15. The Kier molecular flexibility index (Phi) is 11.7. The Morgan fingerprint density at radius 3 is 2.57 bits per heavy atom. The molecular formula is C24H33N3O6S2. The van der Waals surface area contributed by atoms with Crippen LogP contribution in [-0.2, 0) is 30.7 Å². The molecule has 0 saturated carbocycles. The molecule has 0 aliphatic rings. The molecule has 0 bridgehead atoms. The van der Waals surface area contributed by atoms with Crippen LogP contribution in [0.4, 0.5) is 5.82 Å². The van der Waals surface area contributed by atoms with E-state index in [0.29, 0.717) is 30.6 Å². The van der Waals surface area contributed by atoms with E-state index < -0.39 is 9.84 Å². The number of aryl methyl sites for hydroxylation is 1. The standard InChI is InChI=1S/C24H33N3O6S2/c1-3-21(27(17-29)15-19-10-9-18(2)26-24(19)25)22(11-12-28)34-23(30)16-33-13-14-35(31,32)20-7-5-4-6-8-20/h4-10,17,21-22,28H,3,11-16H2,1-2H3,(H2,25,26). The third-order valence-electron chi connectivity index (χ3n) is 5.43. The lowest BCUT2D eigenvalue weighted by atomic mass is 10.1. The van der Waals surface area contributed by atoms with Gasteiger partial charge in [-0.3, -0.25) is 9.59 Å². The van der Waals surface area contributed by atoms with Gasteiger partial charge in [0.25, 0.3) is 0 Å². The van der Waals surface area contributed by atoms with Gasteiger partial charge in [-0.2, -0.15) is 0 Å². The number of aliphatic hydroxyl groups is 1. The molecule has 11 heteroatoms. The number of aromatic nitrogens is 1. The molecule has 0 radical (unpaired) electrons. The molecule has 2 atom stereocenters. The zero-order valence-corrected chi connectivity index (χ0v) is 21.6. The van der Waals surface area contributed by atoms with E-state index in [-0.39, 0.29) is 53.4 Å². The summed E-state index contributed by atoms with van der Waals surface area (Å²) in [7, 11) is -3.49. The largest absolute Gasteiger partial charge is 0.396 e. The minimum atomic E-state index is -3.49. The Bertz CT molecular complexity index is 1070. The number of nitrogens with two attached hydrogens (primary N) is 1. The first-order valence-corrected chi connectivity index (χ1v) is 13.8. The first-order chi connectivity index (χ1) is 16.7. The van der Waals surface area contributed by atoms with E-state index in [9.17, 15) is 23.1 Å². The predicted octanol–water partition coefficient (Wildman–Crippen LogP) is 2.21. The van der Waals surface area contributed by atoms with Crippen molar-refractivity contribution in [3.63, 3.8) is 0 Å². The number of hydrogen-bond acceptors (Lipinski definition) is 9. The summed E-state index contributed by atoms with van der Waals surface area (Å²) < 4.78 is 30.0. The maximum Gasteiger partial charge on any atom is 0.214 e. The molecule has 2 aromatic rings. The average molecular weight is 524 g/mol. The van der Waals surface area contributed by atoms with Crippen molar-refractivity contribution in [2.75, 3.05) is 31.3 Å². The van der Waals surface area contributed by atoms with E-state index >= 15 is 0 Å². The summed E-state index contributed by atoms with van der Waals surface area (Å²) >= 11 is 0.996. The number of sulfone groups is 1. The number of carbonyl (C=O) groups excluding carboxylic acids is 2. The summed E-state index contributed by atoms with van der Waals surface area (Å²) in [6.45, 7) is 3.41. The van der Waals surface area contributed by atoms with Gasteiger partial charge in [0.05, 0.1) is 17.3 Å². The zero-order chi connectivity index (χ0) is 25.8. The van der Waals surface area contributed by atoms with Crippen molar-refractivity contribution in [3.8, 4) is 0 Å². The second-order valence-electron chi connectivity index (χ2n) is 7.98. The topological polar surface area (TPSA) is 140 Å². The van der Waals surface area contributed by atoms with Crippen LogP contribution in [0.3, 0.4) is 0 Å². The molecule has 0 saturated heterocycles. The van der Waals surface area contributed by atoms with Crippen LogP contribution < -0.4 is 5.73 Å². The van der Waals surface area contributed by atoms with Crippen molar-refractivity contribution >= 4 is 38.9 Å². The number of carbonyl (C=O) groups is 2. The number of amides is 1. The van der Waals surface area contributed by atoms with Gasteiger partial charge in [-0.05, 0) is 38.0 Å². The number of benzene rings is 1. The van der Waals surface area contributed by atoms with Crippen LogP contribution in [0.25, 0.3) is 0 Å². The van der Waals surface area contributed by atoms with Crippen molar-refractivity contribution in [2.45, 2.75) is 49.4 Å². The molecule has 2 unspecified atom stereocenters. The smallest absolute Gasteiger partial charge is 0.214 e. The quantitative estimate of drug-likeness (QED) is 0.266. The van der Waals surface area contributed by atoms with Crippen molar-refractivity contribution in [3.05, 3.63) is 53.7 Å². The van der Waals surface area contributed by atoms with Gasteiger partial charge in [-0.1, -0.05) is 43.0 Å². The van der Waals surface area contributed by atoms with Gasteiger partial charge in [0.2, 0.25) is 11.5 Å². The van der Waals surface area contributed by atoms with Crippen LogP contribution >= 0.6 is 11.8 Å². The van der Waals surface area contributed by atoms with Crippen molar-refractivity contribution < 1.29 is 27.9 Å². The van der Waals surface area contributed by atoms with E-state index in [1.807, 2.05) is 26.0 Å². The Hall–Kier alpha value is -2.47. The SMILES string of the molecule is CCC(C(CCO)SC(=O)COCCS(=O)(=O)c1ccccc1)N(C=O)Cc1ccc(C)nc1N. The van der Waals surface area contributed by atoms with E-state index in [1.54, 1.807) is 23.1 Å². The van der Waals surface area contributed by atoms with Gasteiger partial charge in [0, 0.05) is 35.7 Å². The second kappa shape index (κ2) is 14.2. The molecule has 192 valence electrons. The molecule has 0 fully saturated rings. The fourth-order valence-electron chi connectivity index (χ4n) is 3.61. The normalized spacial score (nSPS) is 13.2. The van der Waals surface area contributed by atoms with Crippen LogP contribution in [0.2, 0.25) is 0 Å². The fraction of sp³-hybridized carbons (Fsp3) is 0.458. The Balaban J connectivity index is 1.96. The van der Waals surface area contributed by atoms with E-state index in [4.69, 9.17) is 10.5 Å². The summed E-state index contributed by atoms with van der Waals surface area (Å²) in [6, 6.07) is 11.3. The van der Waals surface area contributed by atoms with Gasteiger partial charge in [-0.25, -0.2) is 13.4 Å². The maximum atomic E-state index is 12.6. The monoisotopic (exact) mass is 523 g/mol. The third kappa shape index (κ3) is 8.92. The minimum absolute atomic E-state index is 0.119. The Morgan fingerprint density at radius 1 is 1.26 bits per heavy atom. The van der Waals surface area contributed by atoms with Gasteiger partial charge < -0.3 is 20.5 Å². The van der Waals surface area contributed by atoms with E-state index in [0.717, 1.165) is 17.5 Å². The maximum absolute atomic E-state index is 12.6. The number of aliphatic hydroxyl groups excluding tert-OH is 1. The van der Waals surface area contributed by atoms with Crippen LogP contribution in [0.5, 0.6) is 0 Å². The molecule has 0 spiro atoms. The van der Waals surface area contributed by atoms with Crippen molar-refractivity contribution in [1.82, 2.24) is 9.88 Å². The number of nitrogen functional groups attached to an aromatic ring is 1. The molecule has 1 amide bonds. The minimum Gasteiger partial charge on any atom is -0.396 e. The number of hydrogen-bond donors (Lipinski definition) is 2. The lowest BCUT2D eigenvalue weighted by Crippen LogP contribution is -2.42. The number of ether oxygens (including phenoxy) is 1. The Labute approximate surface area is 211 Å². The molecule has 0 aliphatic carbocycles. The first-order valence-electron chi connectivity index (χ1n) is 11.3. The average Bonchev–Trinajstić information content (AvgIpc) is 2.83. The van der Waals surface area contributed by atoms with Gasteiger partial charge in [0.1, 0.15) is 12.4 Å². The number of anilines is 1. The molecule has 1 heterocycles. The first kappa shape index (κ1) is 28.8. The molecule has 2 rings (SSSR count). The lowest BCUT2D eigenvalue weighted by Gasteiger charge is -2.33. The van der Waals surface area contributed by atoms with E-state index in [2.05, 4.69) is 4.98 Å². The molecular weight excluding hydrogens is 490 g/mol. The molecule has 1 aromatic heterocycles. The molecule has 35 heavy (non-hydrogen) atoms. The number of nitrogens with zero attached hydrogens (tertiary/aromatic N) is 2. The summed E-state index contributed by atoms with van der Waals surface area (Å²) in [4.78, 5) is 30.5. The van der Waals surface area contributed by atoms with Gasteiger partial charge in [0.15, 0.2) is 9.84 Å². The van der Waals surface area contributed by atoms with Crippen LogP contribution in [0, 0.1) is 6.92 Å². The van der Waals surface area contributed by atoms with Gasteiger partial charge >= 0.3 is 0 Å². The predicted molar refractivity (Wildman–Crippen MR) is 136 cm³/mol. The van der Waals surface area contributed by atoms with Crippen LogP contribution in [-0.4, -0.2) is 71.8 Å². The summed E-state index contributed by atoms with van der Waals surface area (Å²) in [5.74, 6) is 0.102. The highest BCUT2D eigenvalue weighted by Crippen LogP contribution is 2.26. The third-order valence-corrected chi connectivity index (χ3v) is 8.36. The number of pyridine rings is 1. The van der Waals surface area contributed by atoms with Gasteiger partial charge in [-0.15, -0.1) is 0 Å². The summed E-state index contributed by atoms with van der Waals surface area (Å²) in [6.07, 6.45) is 1.57. The second-order valence-corrected chi connectivity index (χ2v) is 11.4. The van der Waals surface area contributed by atoms with Crippen LogP contribution in [0.15, 0.2) is 47.4 Å². The fourth-order valence-corrected chi connectivity index (χ4v) is 5.97.